The number of carbonyl (C=O) groups excluding carboxylic acids is 1. The zero-order valence-electron chi connectivity index (χ0n) is 13.1. The van der Waals surface area contributed by atoms with Crippen LogP contribution in [-0.4, -0.2) is 32.2 Å². The van der Waals surface area contributed by atoms with Crippen molar-refractivity contribution < 1.29 is 13.9 Å². The molecule has 3 N–H and O–H groups in total. The van der Waals surface area contributed by atoms with Gasteiger partial charge in [0.2, 0.25) is 5.91 Å². The molecule has 1 aliphatic carbocycles. The quantitative estimate of drug-likeness (QED) is 0.811. The molecule has 5 heteroatoms. The summed E-state index contributed by atoms with van der Waals surface area (Å²) in [5, 5.41) is 3.01. The lowest BCUT2D eigenvalue weighted by molar-refractivity contribution is -0.123. The number of methoxy groups -OCH3 is 1. The summed E-state index contributed by atoms with van der Waals surface area (Å²) in [5.74, 6) is -0.280. The molecule has 0 aliphatic heterocycles. The van der Waals surface area contributed by atoms with Crippen LogP contribution in [0.15, 0.2) is 24.3 Å². The van der Waals surface area contributed by atoms with E-state index in [1.807, 2.05) is 12.1 Å². The van der Waals surface area contributed by atoms with Crippen molar-refractivity contribution in [2.24, 2.45) is 5.73 Å². The second kappa shape index (κ2) is 7.70. The molecule has 1 fully saturated rings. The number of rotatable bonds is 7. The third-order valence-electron chi connectivity index (χ3n) is 4.65. The lowest BCUT2D eigenvalue weighted by Crippen LogP contribution is -2.41. The van der Waals surface area contributed by atoms with E-state index < -0.39 is 0 Å². The first kappa shape index (κ1) is 16.9. The summed E-state index contributed by atoms with van der Waals surface area (Å²) in [5.41, 5.74) is 6.57. The number of hydrogen-bond acceptors (Lipinski definition) is 3. The van der Waals surface area contributed by atoms with E-state index in [4.69, 9.17) is 10.5 Å². The van der Waals surface area contributed by atoms with Gasteiger partial charge in [-0.1, -0.05) is 25.0 Å². The first-order chi connectivity index (χ1) is 10.6. The van der Waals surface area contributed by atoms with Crippen LogP contribution in [0.3, 0.4) is 0 Å². The topological polar surface area (TPSA) is 64.3 Å². The second-order valence-corrected chi connectivity index (χ2v) is 6.07. The molecular formula is C17H25FN2O2. The van der Waals surface area contributed by atoms with Crippen molar-refractivity contribution in [2.75, 3.05) is 20.2 Å². The third kappa shape index (κ3) is 4.05. The number of hydrogen-bond donors (Lipinski definition) is 2. The summed E-state index contributed by atoms with van der Waals surface area (Å²) in [6.45, 7) is 0.908. The fraction of sp³-hybridized carbons (Fsp3) is 0.588. The maximum atomic E-state index is 13.1. The predicted octanol–water partition coefficient (Wildman–Crippen LogP) is 2.12. The van der Waals surface area contributed by atoms with E-state index >= 15 is 0 Å². The zero-order chi connectivity index (χ0) is 16.0. The minimum atomic E-state index is -0.245. The Labute approximate surface area is 131 Å². The van der Waals surface area contributed by atoms with Crippen LogP contribution in [0.2, 0.25) is 0 Å². The molecule has 0 saturated heterocycles. The molecule has 1 saturated carbocycles. The van der Waals surface area contributed by atoms with Gasteiger partial charge < -0.3 is 15.8 Å². The Morgan fingerprint density at radius 1 is 1.36 bits per heavy atom. The number of amides is 1. The van der Waals surface area contributed by atoms with E-state index in [9.17, 15) is 9.18 Å². The average molecular weight is 308 g/mol. The van der Waals surface area contributed by atoms with E-state index in [1.54, 1.807) is 7.11 Å². The maximum absolute atomic E-state index is 13.1. The van der Waals surface area contributed by atoms with E-state index in [1.165, 1.54) is 12.1 Å². The van der Waals surface area contributed by atoms with Gasteiger partial charge in [-0.2, -0.15) is 0 Å². The van der Waals surface area contributed by atoms with Crippen molar-refractivity contribution in [1.82, 2.24) is 5.32 Å². The Morgan fingerprint density at radius 3 is 2.55 bits per heavy atom. The number of nitrogens with two attached hydrogens (primary N) is 1. The molecule has 0 spiro atoms. The molecule has 122 valence electrons. The number of ether oxygens (including phenoxy) is 1. The van der Waals surface area contributed by atoms with Gasteiger partial charge >= 0.3 is 0 Å². The second-order valence-electron chi connectivity index (χ2n) is 6.07. The van der Waals surface area contributed by atoms with Gasteiger partial charge in [0.15, 0.2) is 0 Å². The molecule has 0 bridgehead atoms. The fourth-order valence-electron chi connectivity index (χ4n) is 3.23. The summed E-state index contributed by atoms with van der Waals surface area (Å²) >= 11 is 0. The van der Waals surface area contributed by atoms with Crippen molar-refractivity contribution in [3.05, 3.63) is 35.6 Å². The molecule has 1 aromatic rings. The maximum Gasteiger partial charge on any atom is 0.222 e. The Morgan fingerprint density at radius 2 is 2.00 bits per heavy atom. The first-order valence-corrected chi connectivity index (χ1v) is 7.85. The van der Waals surface area contributed by atoms with Crippen LogP contribution in [0.5, 0.6) is 0 Å². The third-order valence-corrected chi connectivity index (χ3v) is 4.65. The van der Waals surface area contributed by atoms with Crippen LogP contribution < -0.4 is 11.1 Å². The SMILES string of the molecule is COC(CN)CC(=O)NCC1(c2ccc(F)cc2)CCCC1. The Bertz CT molecular complexity index is 480. The fourth-order valence-corrected chi connectivity index (χ4v) is 3.23. The monoisotopic (exact) mass is 308 g/mol. The van der Waals surface area contributed by atoms with Gasteiger partial charge in [-0.25, -0.2) is 4.39 Å². The zero-order valence-corrected chi connectivity index (χ0v) is 13.1. The summed E-state index contributed by atoms with van der Waals surface area (Å²) in [4.78, 5) is 12.0. The van der Waals surface area contributed by atoms with E-state index in [0.717, 1.165) is 31.2 Å². The highest BCUT2D eigenvalue weighted by atomic mass is 19.1. The molecular weight excluding hydrogens is 283 g/mol. The van der Waals surface area contributed by atoms with Crippen LogP contribution in [0.4, 0.5) is 4.39 Å². The van der Waals surface area contributed by atoms with Crippen LogP contribution in [0.25, 0.3) is 0 Å². The van der Waals surface area contributed by atoms with E-state index in [0.29, 0.717) is 13.1 Å². The molecule has 1 amide bonds. The van der Waals surface area contributed by atoms with Crippen molar-refractivity contribution >= 4 is 5.91 Å². The number of benzene rings is 1. The van der Waals surface area contributed by atoms with Gasteiger partial charge in [0.25, 0.3) is 0 Å². The van der Waals surface area contributed by atoms with E-state index in [2.05, 4.69) is 5.32 Å². The highest BCUT2D eigenvalue weighted by Crippen LogP contribution is 2.40. The highest BCUT2D eigenvalue weighted by Gasteiger charge is 2.35. The Kier molecular flexibility index (Phi) is 5.91. The van der Waals surface area contributed by atoms with E-state index in [-0.39, 0.29) is 29.7 Å². The lowest BCUT2D eigenvalue weighted by Gasteiger charge is -2.30. The first-order valence-electron chi connectivity index (χ1n) is 7.85. The molecule has 2 rings (SSSR count). The van der Waals surface area contributed by atoms with Crippen LogP contribution in [0.1, 0.15) is 37.7 Å². The van der Waals surface area contributed by atoms with Crippen LogP contribution in [-0.2, 0) is 14.9 Å². The molecule has 0 heterocycles. The van der Waals surface area contributed by atoms with Gasteiger partial charge in [-0.3, -0.25) is 4.79 Å². The van der Waals surface area contributed by atoms with Crippen LogP contribution >= 0.6 is 0 Å². The van der Waals surface area contributed by atoms with Gasteiger partial charge in [-0.15, -0.1) is 0 Å². The molecule has 0 aromatic heterocycles. The summed E-state index contributed by atoms with van der Waals surface area (Å²) in [6.07, 6.45) is 4.33. The average Bonchev–Trinajstić information content (AvgIpc) is 3.01. The van der Waals surface area contributed by atoms with Crippen molar-refractivity contribution in [3.63, 3.8) is 0 Å². The van der Waals surface area contributed by atoms with Crippen molar-refractivity contribution in [2.45, 2.75) is 43.6 Å². The van der Waals surface area contributed by atoms with Crippen molar-refractivity contribution in [1.29, 1.82) is 0 Å². The molecule has 1 aromatic carbocycles. The number of halogens is 1. The normalized spacial score (nSPS) is 18.1. The molecule has 1 atom stereocenters. The van der Waals surface area contributed by atoms with Gasteiger partial charge in [0.05, 0.1) is 12.5 Å². The summed E-state index contributed by atoms with van der Waals surface area (Å²) in [7, 11) is 1.56. The smallest absolute Gasteiger partial charge is 0.222 e. The molecule has 0 radical (unpaired) electrons. The van der Waals surface area contributed by atoms with Gasteiger partial charge in [-0.05, 0) is 30.5 Å². The highest BCUT2D eigenvalue weighted by molar-refractivity contribution is 5.76. The minimum Gasteiger partial charge on any atom is -0.380 e. The standard InChI is InChI=1S/C17H25FN2O2/c1-22-15(11-19)10-16(21)20-12-17(8-2-3-9-17)13-4-6-14(18)7-5-13/h4-7,15H,2-3,8-12,19H2,1H3,(H,20,21). The minimum absolute atomic E-state index is 0.0503. The number of nitrogens with one attached hydrogen (secondary N) is 1. The lowest BCUT2D eigenvalue weighted by atomic mass is 9.78. The van der Waals surface area contributed by atoms with Gasteiger partial charge in [0, 0.05) is 25.6 Å². The summed E-state index contributed by atoms with van der Waals surface area (Å²) in [6, 6.07) is 6.66. The Hall–Kier alpha value is -1.46. The molecule has 4 nitrogen and oxygen atoms in total. The Balaban J connectivity index is 2.00. The number of carbonyl (C=O) groups is 1. The van der Waals surface area contributed by atoms with Crippen LogP contribution in [0, 0.1) is 5.82 Å². The van der Waals surface area contributed by atoms with Gasteiger partial charge in [0.1, 0.15) is 5.82 Å². The molecule has 1 unspecified atom stereocenters. The molecule has 22 heavy (non-hydrogen) atoms. The summed E-state index contributed by atoms with van der Waals surface area (Å²) < 4.78 is 18.3. The largest absolute Gasteiger partial charge is 0.380 e. The predicted molar refractivity (Wildman–Crippen MR) is 84.0 cm³/mol. The van der Waals surface area contributed by atoms with Crippen molar-refractivity contribution in [3.8, 4) is 0 Å². The molecule has 1 aliphatic rings.